The van der Waals surface area contributed by atoms with E-state index in [1.165, 1.54) is 5.57 Å². The molecule has 3 aliphatic rings. The number of hydrogen-bond acceptors (Lipinski definition) is 3. The highest BCUT2D eigenvalue weighted by Gasteiger charge is 2.62. The molecule has 0 aromatic heterocycles. The summed E-state index contributed by atoms with van der Waals surface area (Å²) < 4.78 is 20.6. The average molecular weight is 372 g/mol. The number of hydrogen-bond donors (Lipinski definition) is 1. The number of allylic oxidation sites excluding steroid dienone is 1. The van der Waals surface area contributed by atoms with E-state index >= 15 is 0 Å². The molecule has 1 aromatic carbocycles. The number of carbonyl (C=O) groups excluding carboxylic acids is 1. The third-order valence-corrected chi connectivity index (χ3v) is 6.55. The summed E-state index contributed by atoms with van der Waals surface area (Å²) in [6.45, 7) is 9.44. The van der Waals surface area contributed by atoms with Crippen LogP contribution in [-0.2, 0) is 4.74 Å². The molecule has 0 unspecified atom stereocenters. The maximum Gasteiger partial charge on any atom is 0.254 e. The molecule has 4 atom stereocenters. The summed E-state index contributed by atoms with van der Waals surface area (Å²) >= 11 is 0. The van der Waals surface area contributed by atoms with E-state index in [-0.39, 0.29) is 23.2 Å². The first-order chi connectivity index (χ1) is 12.9. The summed E-state index contributed by atoms with van der Waals surface area (Å²) in [6, 6.07) is 4.95. The Hall–Kier alpha value is -1.72. The van der Waals surface area contributed by atoms with Gasteiger partial charge in [-0.3, -0.25) is 9.69 Å². The molecule has 3 heterocycles. The zero-order valence-electron chi connectivity index (χ0n) is 16.4. The van der Waals surface area contributed by atoms with Crippen molar-refractivity contribution in [2.24, 2.45) is 11.8 Å². The highest BCUT2D eigenvalue weighted by molar-refractivity contribution is 5.94. The molecule has 146 valence electrons. The molecule has 0 radical (unpaired) electrons. The zero-order chi connectivity index (χ0) is 19.2. The third-order valence-electron chi connectivity index (χ3n) is 6.55. The summed E-state index contributed by atoms with van der Waals surface area (Å²) in [5.41, 5.74) is 1.92. The van der Waals surface area contributed by atoms with Crippen molar-refractivity contribution in [3.63, 3.8) is 0 Å². The van der Waals surface area contributed by atoms with Gasteiger partial charge in [-0.15, -0.1) is 0 Å². The van der Waals surface area contributed by atoms with Crippen LogP contribution in [0.4, 0.5) is 4.39 Å². The quantitative estimate of drug-likeness (QED) is 0.807. The van der Waals surface area contributed by atoms with Crippen LogP contribution >= 0.6 is 0 Å². The molecule has 3 fully saturated rings. The first-order valence-corrected chi connectivity index (χ1v) is 9.96. The first kappa shape index (κ1) is 18.6. The van der Waals surface area contributed by atoms with Crippen molar-refractivity contribution >= 4 is 5.91 Å². The fourth-order valence-corrected chi connectivity index (χ4v) is 5.14. The van der Waals surface area contributed by atoms with Gasteiger partial charge in [-0.25, -0.2) is 4.39 Å². The smallest absolute Gasteiger partial charge is 0.254 e. The topological polar surface area (TPSA) is 41.6 Å². The van der Waals surface area contributed by atoms with Gasteiger partial charge in [0, 0.05) is 38.0 Å². The van der Waals surface area contributed by atoms with E-state index in [9.17, 15) is 9.18 Å². The standard InChI is InChI=1S/C22H29FN2O2/c1-14(2)8-10-25-12-18-17(19-7-9-22(18,13-25)27-19)11-24-21(26)16-6-4-5-15(3)20(16)23/h4-6,8,17-19H,7,9-13H2,1-3H3,(H,24,26)/t17-,18+,19+,22+/m0/s1. The van der Waals surface area contributed by atoms with Gasteiger partial charge in [-0.05, 0) is 45.2 Å². The molecule has 3 aliphatic heterocycles. The number of nitrogens with zero attached hydrogens (tertiary/aromatic N) is 1. The van der Waals surface area contributed by atoms with Gasteiger partial charge < -0.3 is 10.1 Å². The number of aryl methyl sites for hydroxylation is 1. The maximum absolute atomic E-state index is 14.2. The van der Waals surface area contributed by atoms with Crippen molar-refractivity contribution < 1.29 is 13.9 Å². The lowest BCUT2D eigenvalue weighted by Crippen LogP contribution is -2.42. The van der Waals surface area contributed by atoms with Crippen LogP contribution < -0.4 is 5.32 Å². The number of likely N-dealkylation sites (tertiary alicyclic amines) is 1. The molecule has 1 amide bonds. The van der Waals surface area contributed by atoms with E-state index in [2.05, 4.69) is 30.1 Å². The average Bonchev–Trinajstić information content (AvgIpc) is 3.28. The van der Waals surface area contributed by atoms with Gasteiger partial charge in [0.15, 0.2) is 0 Å². The van der Waals surface area contributed by atoms with Crippen LogP contribution in [0.3, 0.4) is 0 Å². The Bertz CT molecular complexity index is 774. The van der Waals surface area contributed by atoms with E-state index in [0.717, 1.165) is 32.5 Å². The van der Waals surface area contributed by atoms with E-state index < -0.39 is 5.82 Å². The van der Waals surface area contributed by atoms with Crippen molar-refractivity contribution in [2.75, 3.05) is 26.2 Å². The molecular formula is C22H29FN2O2. The number of amides is 1. The normalized spacial score (nSPS) is 31.8. The second-order valence-corrected chi connectivity index (χ2v) is 8.65. The number of nitrogens with one attached hydrogen (secondary N) is 1. The first-order valence-electron chi connectivity index (χ1n) is 9.96. The molecule has 4 rings (SSSR count). The Morgan fingerprint density at radius 3 is 3.04 bits per heavy atom. The fourth-order valence-electron chi connectivity index (χ4n) is 5.14. The lowest BCUT2D eigenvalue weighted by Gasteiger charge is -2.29. The summed E-state index contributed by atoms with van der Waals surface area (Å²) in [5.74, 6) is 0.00795. The van der Waals surface area contributed by atoms with Crippen LogP contribution in [0.1, 0.15) is 42.6 Å². The summed E-state index contributed by atoms with van der Waals surface area (Å²) in [5, 5.41) is 2.98. The molecule has 1 aromatic rings. The molecule has 5 heteroatoms. The molecule has 3 saturated heterocycles. The van der Waals surface area contributed by atoms with Gasteiger partial charge in [-0.2, -0.15) is 0 Å². The van der Waals surface area contributed by atoms with Crippen LogP contribution in [-0.4, -0.2) is 48.7 Å². The Morgan fingerprint density at radius 1 is 1.44 bits per heavy atom. The molecular weight excluding hydrogens is 343 g/mol. The number of rotatable bonds is 5. The Balaban J connectivity index is 1.42. The van der Waals surface area contributed by atoms with Gasteiger partial charge in [0.25, 0.3) is 5.91 Å². The minimum absolute atomic E-state index is 0.0376. The van der Waals surface area contributed by atoms with Crippen molar-refractivity contribution in [3.8, 4) is 0 Å². The summed E-state index contributed by atoms with van der Waals surface area (Å²) in [4.78, 5) is 15.0. The lowest BCUT2D eigenvalue weighted by molar-refractivity contribution is 0.00364. The van der Waals surface area contributed by atoms with E-state index in [1.807, 2.05) is 0 Å². The zero-order valence-corrected chi connectivity index (χ0v) is 16.4. The number of carbonyl (C=O) groups is 1. The van der Waals surface area contributed by atoms with Crippen LogP contribution in [0.25, 0.3) is 0 Å². The van der Waals surface area contributed by atoms with Gasteiger partial charge in [0.05, 0.1) is 17.3 Å². The van der Waals surface area contributed by atoms with E-state index in [1.54, 1.807) is 25.1 Å². The molecule has 0 saturated carbocycles. The van der Waals surface area contributed by atoms with Gasteiger partial charge in [-0.1, -0.05) is 23.8 Å². The number of ether oxygens (including phenoxy) is 1. The van der Waals surface area contributed by atoms with Gasteiger partial charge in [0.2, 0.25) is 0 Å². The van der Waals surface area contributed by atoms with Gasteiger partial charge >= 0.3 is 0 Å². The molecule has 1 spiro atoms. The second kappa shape index (κ2) is 7.02. The predicted molar refractivity (Wildman–Crippen MR) is 103 cm³/mol. The van der Waals surface area contributed by atoms with Crippen LogP contribution in [0.2, 0.25) is 0 Å². The van der Waals surface area contributed by atoms with Crippen LogP contribution in [0.5, 0.6) is 0 Å². The van der Waals surface area contributed by atoms with Gasteiger partial charge in [0.1, 0.15) is 5.82 Å². The van der Waals surface area contributed by atoms with Crippen LogP contribution in [0, 0.1) is 24.6 Å². The van der Waals surface area contributed by atoms with Crippen LogP contribution in [0.15, 0.2) is 29.8 Å². The SMILES string of the molecule is CC(C)=CCN1C[C@@H]2[C@H](CNC(=O)c3cccc(C)c3F)[C@H]3CC[C@]2(C1)O3. The maximum atomic E-state index is 14.2. The van der Waals surface area contributed by atoms with Crippen molar-refractivity contribution in [3.05, 3.63) is 46.8 Å². The molecule has 0 aliphatic carbocycles. The van der Waals surface area contributed by atoms with E-state index in [0.29, 0.717) is 23.9 Å². The second-order valence-electron chi connectivity index (χ2n) is 8.65. The Kier molecular flexibility index (Phi) is 4.85. The van der Waals surface area contributed by atoms with Crippen molar-refractivity contribution in [2.45, 2.75) is 45.3 Å². The van der Waals surface area contributed by atoms with Crippen molar-refractivity contribution in [1.29, 1.82) is 0 Å². The molecule has 4 nitrogen and oxygen atoms in total. The predicted octanol–water partition coefficient (Wildman–Crippen LogP) is 3.31. The third kappa shape index (κ3) is 3.32. The minimum Gasteiger partial charge on any atom is -0.370 e. The molecule has 2 bridgehead atoms. The summed E-state index contributed by atoms with van der Waals surface area (Å²) in [6.07, 6.45) is 4.67. The van der Waals surface area contributed by atoms with E-state index in [4.69, 9.17) is 4.74 Å². The molecule has 27 heavy (non-hydrogen) atoms. The Labute approximate surface area is 160 Å². The Morgan fingerprint density at radius 2 is 2.26 bits per heavy atom. The largest absolute Gasteiger partial charge is 0.370 e. The highest BCUT2D eigenvalue weighted by atomic mass is 19.1. The summed E-state index contributed by atoms with van der Waals surface area (Å²) in [7, 11) is 0. The molecule has 1 N–H and O–H groups in total. The minimum atomic E-state index is -0.426. The number of fused-ring (bicyclic) bond motifs is 1. The number of benzene rings is 1. The lowest BCUT2D eigenvalue weighted by atomic mass is 9.73. The van der Waals surface area contributed by atoms with Crippen molar-refractivity contribution in [1.82, 2.24) is 10.2 Å². The number of halogens is 1. The fraction of sp³-hybridized carbons (Fsp3) is 0.591. The highest BCUT2D eigenvalue weighted by Crippen LogP contribution is 2.54. The monoisotopic (exact) mass is 372 g/mol.